The fraction of sp³-hybridized carbons (Fsp3) is 1.00. The van der Waals surface area contributed by atoms with E-state index in [2.05, 4.69) is 0 Å². The molecule has 4 fully saturated rings. The van der Waals surface area contributed by atoms with Crippen LogP contribution in [0.15, 0.2) is 0 Å². The van der Waals surface area contributed by atoms with Crippen molar-refractivity contribution < 1.29 is 0 Å². The van der Waals surface area contributed by atoms with Gasteiger partial charge in [-0.15, -0.1) is 0 Å². The van der Waals surface area contributed by atoms with Crippen LogP contribution in [0.2, 0.25) is 0 Å². The zero-order valence-electron chi connectivity index (χ0n) is 11.9. The van der Waals surface area contributed by atoms with E-state index in [1.54, 1.807) is 77.0 Å². The molecule has 0 bridgehead atoms. The summed E-state index contributed by atoms with van der Waals surface area (Å²) in [5, 5.41) is 0. The normalized spacial score (nSPS) is 52.0. The number of hydrogen-bond acceptors (Lipinski definition) is 0. The average molecular weight is 246 g/mol. The number of fused-ring (bicyclic) bond motifs is 5. The van der Waals surface area contributed by atoms with Gasteiger partial charge in [0.25, 0.3) is 0 Å². The largest absolute Gasteiger partial charge is 0.0530 e. The summed E-state index contributed by atoms with van der Waals surface area (Å²) in [6.45, 7) is 0. The van der Waals surface area contributed by atoms with E-state index in [0.29, 0.717) is 0 Å². The Labute approximate surface area is 113 Å². The van der Waals surface area contributed by atoms with E-state index in [4.69, 9.17) is 0 Å². The Kier molecular flexibility index (Phi) is 3.17. The van der Waals surface area contributed by atoms with Gasteiger partial charge in [-0.3, -0.25) is 0 Å². The molecule has 0 aromatic heterocycles. The predicted octanol–water partition coefficient (Wildman–Crippen LogP) is 5.42. The highest BCUT2D eigenvalue weighted by atomic mass is 14.5. The van der Waals surface area contributed by atoms with Crippen LogP contribution in [0, 0.1) is 35.5 Å². The van der Waals surface area contributed by atoms with Gasteiger partial charge in [-0.05, 0) is 67.6 Å². The molecule has 0 saturated heterocycles. The summed E-state index contributed by atoms with van der Waals surface area (Å²) in [6.07, 6.45) is 19.0. The quantitative estimate of drug-likeness (QED) is 0.535. The fourth-order valence-corrected chi connectivity index (χ4v) is 6.66. The van der Waals surface area contributed by atoms with E-state index in [0.717, 1.165) is 23.7 Å². The van der Waals surface area contributed by atoms with Gasteiger partial charge in [-0.25, -0.2) is 0 Å². The van der Waals surface area contributed by atoms with Crippen LogP contribution in [-0.4, -0.2) is 0 Å². The molecule has 4 aliphatic rings. The van der Waals surface area contributed by atoms with Gasteiger partial charge in [-0.2, -0.15) is 0 Å². The molecule has 0 N–H and O–H groups in total. The van der Waals surface area contributed by atoms with Crippen molar-refractivity contribution in [3.05, 3.63) is 0 Å². The summed E-state index contributed by atoms with van der Waals surface area (Å²) in [6, 6.07) is 0. The first kappa shape index (κ1) is 11.8. The molecule has 4 saturated carbocycles. The van der Waals surface area contributed by atoms with Crippen molar-refractivity contribution in [3.63, 3.8) is 0 Å². The van der Waals surface area contributed by atoms with Gasteiger partial charge < -0.3 is 0 Å². The van der Waals surface area contributed by atoms with Crippen molar-refractivity contribution in [1.82, 2.24) is 0 Å². The summed E-state index contributed by atoms with van der Waals surface area (Å²) in [4.78, 5) is 0. The predicted molar refractivity (Wildman–Crippen MR) is 76.3 cm³/mol. The van der Waals surface area contributed by atoms with Crippen LogP contribution < -0.4 is 0 Å². The lowest BCUT2D eigenvalue weighted by Crippen LogP contribution is -2.39. The van der Waals surface area contributed by atoms with E-state index >= 15 is 0 Å². The minimum atomic E-state index is 1.15. The monoisotopic (exact) mass is 246 g/mol. The second-order valence-electron chi connectivity index (χ2n) is 7.90. The van der Waals surface area contributed by atoms with Crippen molar-refractivity contribution >= 4 is 0 Å². The second-order valence-corrected chi connectivity index (χ2v) is 7.90. The van der Waals surface area contributed by atoms with Crippen molar-refractivity contribution in [3.8, 4) is 0 Å². The Bertz CT molecular complexity index is 294. The van der Waals surface area contributed by atoms with Gasteiger partial charge in [-0.1, -0.05) is 44.9 Å². The van der Waals surface area contributed by atoms with Crippen molar-refractivity contribution in [1.29, 1.82) is 0 Å². The van der Waals surface area contributed by atoms with Crippen LogP contribution >= 0.6 is 0 Å². The highest BCUT2D eigenvalue weighted by Gasteiger charge is 2.46. The third-order valence-corrected chi connectivity index (χ3v) is 7.32. The summed E-state index contributed by atoms with van der Waals surface area (Å²) in [5.41, 5.74) is 0. The smallest absolute Gasteiger partial charge is 0.0352 e. The minimum absolute atomic E-state index is 1.15. The minimum Gasteiger partial charge on any atom is -0.0530 e. The Morgan fingerprint density at radius 3 is 1.67 bits per heavy atom. The maximum absolute atomic E-state index is 1.62. The average Bonchev–Trinajstić information content (AvgIpc) is 2.80. The van der Waals surface area contributed by atoms with Crippen LogP contribution in [0.25, 0.3) is 0 Å². The first-order valence-corrected chi connectivity index (χ1v) is 8.93. The maximum atomic E-state index is 1.62. The highest BCUT2D eigenvalue weighted by molar-refractivity contribution is 4.96. The molecule has 0 nitrogen and oxygen atoms in total. The molecule has 0 aromatic rings. The molecular formula is C18H30. The first-order chi connectivity index (χ1) is 8.93. The van der Waals surface area contributed by atoms with Gasteiger partial charge in [0, 0.05) is 0 Å². The zero-order valence-corrected chi connectivity index (χ0v) is 11.9. The van der Waals surface area contributed by atoms with E-state index in [1.165, 1.54) is 11.8 Å². The molecule has 0 amide bonds. The molecule has 0 aromatic carbocycles. The third-order valence-electron chi connectivity index (χ3n) is 7.32. The van der Waals surface area contributed by atoms with Crippen LogP contribution in [0.5, 0.6) is 0 Å². The highest BCUT2D eigenvalue weighted by Crippen LogP contribution is 2.56. The molecule has 0 heteroatoms. The Hall–Kier alpha value is 0. The Balaban J connectivity index is 1.58. The van der Waals surface area contributed by atoms with Crippen molar-refractivity contribution in [2.24, 2.45) is 35.5 Å². The van der Waals surface area contributed by atoms with Crippen LogP contribution in [0.3, 0.4) is 0 Å². The third kappa shape index (κ3) is 1.86. The second kappa shape index (κ2) is 4.84. The first-order valence-electron chi connectivity index (χ1n) is 8.93. The molecular weight excluding hydrogens is 216 g/mol. The lowest BCUT2D eigenvalue weighted by molar-refractivity contribution is 0.0223. The topological polar surface area (TPSA) is 0 Å². The Morgan fingerprint density at radius 1 is 0.333 bits per heavy atom. The molecule has 4 rings (SSSR count). The summed E-state index contributed by atoms with van der Waals surface area (Å²) in [5.74, 6) is 6.96. The van der Waals surface area contributed by atoms with Gasteiger partial charge in [0.15, 0.2) is 0 Å². The standard InChI is InChI=1S/C18H30/c1-2-8-15-14(5-1)11-12-18-16-9-3-6-13(16)7-4-10-17(15)18/h13-18H,1-12H2. The van der Waals surface area contributed by atoms with Crippen molar-refractivity contribution in [2.75, 3.05) is 0 Å². The number of hydrogen-bond donors (Lipinski definition) is 0. The van der Waals surface area contributed by atoms with Crippen molar-refractivity contribution in [2.45, 2.75) is 77.0 Å². The summed E-state index contributed by atoms with van der Waals surface area (Å²) in [7, 11) is 0. The van der Waals surface area contributed by atoms with Crippen LogP contribution in [0.1, 0.15) is 77.0 Å². The van der Waals surface area contributed by atoms with Gasteiger partial charge in [0.1, 0.15) is 0 Å². The van der Waals surface area contributed by atoms with Gasteiger partial charge in [0.05, 0.1) is 0 Å². The lowest BCUT2D eigenvalue weighted by atomic mass is 9.58. The van der Waals surface area contributed by atoms with Gasteiger partial charge in [0.2, 0.25) is 0 Å². The molecule has 0 spiro atoms. The molecule has 18 heavy (non-hydrogen) atoms. The Morgan fingerprint density at radius 2 is 0.833 bits per heavy atom. The fourth-order valence-electron chi connectivity index (χ4n) is 6.66. The molecule has 4 aliphatic carbocycles. The molecule has 0 aliphatic heterocycles. The number of rotatable bonds is 0. The molecule has 6 atom stereocenters. The molecule has 0 radical (unpaired) electrons. The zero-order chi connectivity index (χ0) is 11.9. The van der Waals surface area contributed by atoms with Gasteiger partial charge >= 0.3 is 0 Å². The van der Waals surface area contributed by atoms with Crippen LogP contribution in [-0.2, 0) is 0 Å². The van der Waals surface area contributed by atoms with Crippen LogP contribution in [0.4, 0.5) is 0 Å². The summed E-state index contributed by atoms with van der Waals surface area (Å²) < 4.78 is 0. The SMILES string of the molecule is C1CCC2C(C1)CCC1C3CCCC3CCCC21. The maximum Gasteiger partial charge on any atom is -0.0352 e. The van der Waals surface area contributed by atoms with E-state index in [9.17, 15) is 0 Å². The molecule has 102 valence electrons. The molecule has 6 unspecified atom stereocenters. The van der Waals surface area contributed by atoms with E-state index in [1.807, 2.05) is 0 Å². The lowest BCUT2D eigenvalue weighted by Gasteiger charge is -2.47. The van der Waals surface area contributed by atoms with E-state index in [-0.39, 0.29) is 0 Å². The van der Waals surface area contributed by atoms with E-state index < -0.39 is 0 Å². The molecule has 0 heterocycles. The summed E-state index contributed by atoms with van der Waals surface area (Å²) >= 11 is 0.